The molecule has 0 amide bonds. The normalized spacial score (nSPS) is 11.8. The van der Waals surface area contributed by atoms with E-state index in [9.17, 15) is 52.4 Å². The summed E-state index contributed by atoms with van der Waals surface area (Å²) in [4.78, 5) is 18.6. The molecule has 3 aromatic heterocycles. The highest BCUT2D eigenvalue weighted by molar-refractivity contribution is 7.92. The molecule has 0 aliphatic carbocycles. The summed E-state index contributed by atoms with van der Waals surface area (Å²) >= 11 is 0. The van der Waals surface area contributed by atoms with Gasteiger partial charge in [0.2, 0.25) is 25.9 Å². The van der Waals surface area contributed by atoms with Gasteiger partial charge in [-0.3, -0.25) is 23.4 Å². The van der Waals surface area contributed by atoms with E-state index in [2.05, 4.69) is 24.6 Å². The zero-order chi connectivity index (χ0) is 39.3. The molecule has 2 aromatic carbocycles. The van der Waals surface area contributed by atoms with E-state index < -0.39 is 73.6 Å². The van der Waals surface area contributed by atoms with E-state index in [0.717, 1.165) is 76.2 Å². The number of rotatable bonds is 11. The number of alkyl halides is 3. The number of halogens is 7. The van der Waals surface area contributed by atoms with Crippen LogP contribution in [-0.4, -0.2) is 61.8 Å². The molecule has 22 heteroatoms. The van der Waals surface area contributed by atoms with Crippen molar-refractivity contribution in [2.45, 2.75) is 19.3 Å². The topological polar surface area (TPSA) is 183 Å². The fourth-order valence-corrected chi connectivity index (χ4v) is 6.13. The number of benzene rings is 2. The smallest absolute Gasteiger partial charge is 0.413 e. The maximum absolute atomic E-state index is 14.5. The summed E-state index contributed by atoms with van der Waals surface area (Å²) in [5.74, 6) is -5.78. The van der Waals surface area contributed by atoms with Gasteiger partial charge >= 0.3 is 12.1 Å². The van der Waals surface area contributed by atoms with Gasteiger partial charge in [-0.2, -0.15) is 13.2 Å². The Hall–Kier alpha value is -5.48. The second kappa shape index (κ2) is 16.0. The Morgan fingerprint density at radius 1 is 0.736 bits per heavy atom. The standard InChI is InChI=1S/C16H11F5N4O3S.C15H15F2N3O3S/c1-29(26,27)25(12-5-11(17)6-22-7-12)8-10-3-2-9(4-13(10)18)14-23-24-15(28-14)16(19,20)21;1-24(22,23)20(13-5-12(16)7-19-8-13)9-11-3-2-10(4-14(11)17)15(21)6-18/h2-7H,8H2,1H3;2-5,7-8H,6,9,18H2,1H3. The molecule has 0 spiro atoms. The molecular weight excluding hydrogens is 764 g/mol. The van der Waals surface area contributed by atoms with E-state index in [1.807, 2.05) is 0 Å². The van der Waals surface area contributed by atoms with Crippen LogP contribution in [0.25, 0.3) is 11.5 Å². The lowest BCUT2D eigenvalue weighted by molar-refractivity contribution is -0.156. The number of carbonyl (C=O) groups is 1. The van der Waals surface area contributed by atoms with Gasteiger partial charge < -0.3 is 10.2 Å². The molecule has 0 atom stereocenters. The summed E-state index contributed by atoms with van der Waals surface area (Å²) in [5, 5.41) is 6.07. The maximum Gasteiger partial charge on any atom is 0.470 e. The van der Waals surface area contributed by atoms with Crippen LogP contribution in [0.3, 0.4) is 0 Å². The van der Waals surface area contributed by atoms with Crippen molar-refractivity contribution in [2.24, 2.45) is 5.73 Å². The molecular formula is C31H26F7N7O6S2. The third-order valence-electron chi connectivity index (χ3n) is 6.91. The van der Waals surface area contributed by atoms with Crippen molar-refractivity contribution < 1.29 is 56.8 Å². The Bertz CT molecular complexity index is 2340. The average molecular weight is 790 g/mol. The number of hydrogen-bond acceptors (Lipinski definition) is 11. The van der Waals surface area contributed by atoms with Crippen LogP contribution in [0, 0.1) is 23.3 Å². The van der Waals surface area contributed by atoms with Crippen molar-refractivity contribution in [1.82, 2.24) is 20.2 Å². The minimum atomic E-state index is -4.85. The van der Waals surface area contributed by atoms with Crippen LogP contribution in [-0.2, 0) is 39.3 Å². The molecule has 2 N–H and O–H groups in total. The summed E-state index contributed by atoms with van der Waals surface area (Å²) < 4.78 is 147. The zero-order valence-electron chi connectivity index (χ0n) is 27.2. The Morgan fingerprint density at radius 2 is 1.23 bits per heavy atom. The van der Waals surface area contributed by atoms with E-state index in [-0.39, 0.29) is 46.7 Å². The highest BCUT2D eigenvalue weighted by atomic mass is 32.2. The fraction of sp³-hybridized carbons (Fsp3) is 0.194. The quantitative estimate of drug-likeness (QED) is 0.143. The van der Waals surface area contributed by atoms with Gasteiger partial charge in [-0.1, -0.05) is 18.2 Å². The molecule has 53 heavy (non-hydrogen) atoms. The van der Waals surface area contributed by atoms with Gasteiger partial charge in [0.1, 0.15) is 23.3 Å². The predicted octanol–water partition coefficient (Wildman–Crippen LogP) is 4.86. The van der Waals surface area contributed by atoms with Gasteiger partial charge in [0.05, 0.1) is 68.3 Å². The van der Waals surface area contributed by atoms with Crippen molar-refractivity contribution >= 4 is 37.2 Å². The van der Waals surface area contributed by atoms with Gasteiger partial charge in [0.15, 0.2) is 5.78 Å². The molecule has 13 nitrogen and oxygen atoms in total. The van der Waals surface area contributed by atoms with E-state index >= 15 is 0 Å². The van der Waals surface area contributed by atoms with Crippen LogP contribution < -0.4 is 14.3 Å². The molecule has 0 radical (unpaired) electrons. The second-order valence-corrected chi connectivity index (χ2v) is 14.7. The van der Waals surface area contributed by atoms with Gasteiger partial charge in [-0.05, 0) is 18.2 Å². The summed E-state index contributed by atoms with van der Waals surface area (Å²) in [6, 6.07) is 8.71. The third kappa shape index (κ3) is 10.5. The van der Waals surface area contributed by atoms with Crippen molar-refractivity contribution in [3.8, 4) is 11.5 Å². The lowest BCUT2D eigenvalue weighted by atomic mass is 10.1. The number of pyridine rings is 2. The van der Waals surface area contributed by atoms with Crippen molar-refractivity contribution in [1.29, 1.82) is 0 Å². The van der Waals surface area contributed by atoms with Crippen LogP contribution in [0.5, 0.6) is 0 Å². The number of anilines is 2. The molecule has 0 unspecified atom stereocenters. The summed E-state index contributed by atoms with van der Waals surface area (Å²) in [6.07, 6.45) is 0.973. The lowest BCUT2D eigenvalue weighted by Gasteiger charge is -2.22. The molecule has 0 saturated carbocycles. The van der Waals surface area contributed by atoms with Crippen molar-refractivity contribution in [3.05, 3.63) is 119 Å². The van der Waals surface area contributed by atoms with Crippen LogP contribution in [0.2, 0.25) is 0 Å². The number of carbonyl (C=O) groups excluding carboxylic acids is 1. The first-order valence-corrected chi connectivity index (χ1v) is 18.2. The molecule has 0 aliphatic rings. The minimum absolute atomic E-state index is 0.0262. The summed E-state index contributed by atoms with van der Waals surface area (Å²) in [5.41, 5.74) is 4.93. The number of Topliss-reactive ketones (excluding diaryl/α,β-unsaturated/α-hetero) is 1. The van der Waals surface area contributed by atoms with E-state index in [1.54, 1.807) is 0 Å². The number of ketones is 1. The SMILES string of the molecule is CS(=O)(=O)N(Cc1ccc(-c2nnc(C(F)(F)F)o2)cc1F)c1cncc(F)c1.CS(=O)(=O)N(Cc1ccc(C(=O)CN)cc1F)c1cncc(F)c1. The van der Waals surface area contributed by atoms with Crippen LogP contribution >= 0.6 is 0 Å². The fourth-order valence-electron chi connectivity index (χ4n) is 4.41. The highest BCUT2D eigenvalue weighted by Crippen LogP contribution is 2.31. The van der Waals surface area contributed by atoms with Gasteiger partial charge in [0.25, 0.3) is 0 Å². The Kier molecular flexibility index (Phi) is 12.2. The number of nitrogens with zero attached hydrogens (tertiary/aromatic N) is 6. The molecule has 5 rings (SSSR count). The first-order valence-electron chi connectivity index (χ1n) is 14.5. The monoisotopic (exact) mass is 789 g/mol. The molecule has 5 aromatic rings. The van der Waals surface area contributed by atoms with Crippen LogP contribution in [0.1, 0.15) is 27.4 Å². The predicted molar refractivity (Wildman–Crippen MR) is 175 cm³/mol. The molecule has 282 valence electrons. The molecule has 0 bridgehead atoms. The van der Waals surface area contributed by atoms with E-state index in [0.29, 0.717) is 0 Å². The van der Waals surface area contributed by atoms with Gasteiger partial charge in [-0.25, -0.2) is 34.4 Å². The number of aromatic nitrogens is 4. The van der Waals surface area contributed by atoms with Crippen molar-refractivity contribution in [2.75, 3.05) is 27.7 Å². The largest absolute Gasteiger partial charge is 0.470 e. The number of nitrogens with two attached hydrogens (primary N) is 1. The Labute approximate surface area is 297 Å². The number of hydrogen-bond donors (Lipinski definition) is 1. The molecule has 0 fully saturated rings. The minimum Gasteiger partial charge on any atom is -0.413 e. The Balaban J connectivity index is 0.000000241. The first-order chi connectivity index (χ1) is 24.7. The van der Waals surface area contributed by atoms with Gasteiger partial charge in [0, 0.05) is 34.4 Å². The molecule has 3 heterocycles. The average Bonchev–Trinajstić information content (AvgIpc) is 3.57. The van der Waals surface area contributed by atoms with Crippen LogP contribution in [0.15, 0.2) is 77.7 Å². The highest BCUT2D eigenvalue weighted by Gasteiger charge is 2.38. The van der Waals surface area contributed by atoms with Gasteiger partial charge in [-0.15, -0.1) is 10.2 Å². The summed E-state index contributed by atoms with van der Waals surface area (Å²) in [7, 11) is -7.74. The first kappa shape index (κ1) is 40.3. The summed E-state index contributed by atoms with van der Waals surface area (Å²) in [6.45, 7) is -1.14. The maximum atomic E-state index is 14.5. The van der Waals surface area contributed by atoms with Crippen molar-refractivity contribution in [3.63, 3.8) is 0 Å². The van der Waals surface area contributed by atoms with E-state index in [1.165, 1.54) is 18.2 Å². The third-order valence-corrected chi connectivity index (χ3v) is 9.19. The second-order valence-electron chi connectivity index (χ2n) is 10.9. The van der Waals surface area contributed by atoms with Crippen LogP contribution in [0.4, 0.5) is 42.1 Å². The Morgan fingerprint density at radius 3 is 1.62 bits per heavy atom. The molecule has 0 aliphatic heterocycles. The number of sulfonamides is 2. The van der Waals surface area contributed by atoms with E-state index in [4.69, 9.17) is 5.73 Å². The lowest BCUT2D eigenvalue weighted by Crippen LogP contribution is -2.30. The molecule has 0 saturated heterocycles. The zero-order valence-corrected chi connectivity index (χ0v) is 28.9.